The highest BCUT2D eigenvalue weighted by Crippen LogP contribution is 2.41. The first-order chi connectivity index (χ1) is 23.8. The first kappa shape index (κ1) is 26.7. The van der Waals surface area contributed by atoms with E-state index in [4.69, 9.17) is 4.98 Å². The molecule has 0 amide bonds. The van der Waals surface area contributed by atoms with Crippen LogP contribution < -0.4 is 0 Å². The molecule has 7 aromatic carbocycles. The molecular weight excluding hydrogens is 583 g/mol. The number of benzene rings is 7. The number of fused-ring (bicyclic) bond motifs is 8. The van der Waals surface area contributed by atoms with Crippen LogP contribution in [0.4, 0.5) is 0 Å². The molecule has 0 saturated carbocycles. The number of rotatable bonds is 4. The molecule has 0 atom stereocenters. The molecule has 224 valence electrons. The van der Waals surface area contributed by atoms with Crippen LogP contribution in [-0.4, -0.2) is 14.1 Å². The zero-order valence-electron chi connectivity index (χ0n) is 26.1. The summed E-state index contributed by atoms with van der Waals surface area (Å²) in [4.78, 5) is 5.40. The van der Waals surface area contributed by atoms with Crippen molar-refractivity contribution in [3.8, 4) is 33.9 Å². The van der Waals surface area contributed by atoms with Crippen molar-refractivity contribution in [3.63, 3.8) is 0 Å². The van der Waals surface area contributed by atoms with E-state index in [1.165, 1.54) is 43.4 Å². The smallest absolute Gasteiger partial charge is 0.138 e. The summed E-state index contributed by atoms with van der Waals surface area (Å²) in [5.41, 5.74) is 10.2. The van der Waals surface area contributed by atoms with Crippen LogP contribution in [0.25, 0.3) is 88.3 Å². The molecule has 0 N–H and O–H groups in total. The second-order valence-electron chi connectivity index (χ2n) is 12.4. The van der Waals surface area contributed by atoms with Crippen LogP contribution >= 0.6 is 0 Å². The summed E-state index contributed by atoms with van der Waals surface area (Å²) in [6.07, 6.45) is 0. The van der Waals surface area contributed by atoms with Crippen molar-refractivity contribution in [1.82, 2.24) is 14.1 Å². The third kappa shape index (κ3) is 4.04. The highest BCUT2D eigenvalue weighted by molar-refractivity contribution is 6.22. The molecule has 0 aliphatic heterocycles. The molecule has 3 nitrogen and oxygen atoms in total. The SMILES string of the molecule is c1ccc(-c2cc(-c3ccccc3)nc(-n3c4ccccc4c4ccc5cc6c7ccccc7n(-c7ccccc7)c6cc5c43)c2)cc1. The molecule has 0 fully saturated rings. The van der Waals surface area contributed by atoms with Crippen LogP contribution in [0.2, 0.25) is 0 Å². The summed E-state index contributed by atoms with van der Waals surface area (Å²) in [6.45, 7) is 0. The quantitative estimate of drug-likeness (QED) is 0.194. The molecule has 3 heterocycles. The van der Waals surface area contributed by atoms with Gasteiger partial charge in [-0.2, -0.15) is 0 Å². The first-order valence-corrected chi connectivity index (χ1v) is 16.4. The highest BCUT2D eigenvalue weighted by Gasteiger charge is 2.20. The molecule has 48 heavy (non-hydrogen) atoms. The number of nitrogens with zero attached hydrogens (tertiary/aromatic N) is 3. The van der Waals surface area contributed by atoms with Gasteiger partial charge in [0.1, 0.15) is 5.82 Å². The van der Waals surface area contributed by atoms with Crippen LogP contribution in [-0.2, 0) is 0 Å². The second-order valence-corrected chi connectivity index (χ2v) is 12.4. The number of para-hydroxylation sites is 3. The maximum atomic E-state index is 5.40. The minimum atomic E-state index is 0.901. The molecule has 0 radical (unpaired) electrons. The van der Waals surface area contributed by atoms with E-state index in [2.05, 4.69) is 185 Å². The van der Waals surface area contributed by atoms with Crippen LogP contribution in [0.1, 0.15) is 0 Å². The van der Waals surface area contributed by atoms with Gasteiger partial charge in [0, 0.05) is 38.2 Å². The average molecular weight is 612 g/mol. The Balaban J connectivity index is 1.35. The molecule has 0 aliphatic rings. The summed E-state index contributed by atoms with van der Waals surface area (Å²) in [7, 11) is 0. The van der Waals surface area contributed by atoms with Crippen molar-refractivity contribution < 1.29 is 0 Å². The lowest BCUT2D eigenvalue weighted by Crippen LogP contribution is -2.00. The topological polar surface area (TPSA) is 22.8 Å². The third-order valence-corrected chi connectivity index (χ3v) is 9.67. The Morgan fingerprint density at radius 2 is 0.958 bits per heavy atom. The molecule has 3 heteroatoms. The largest absolute Gasteiger partial charge is 0.309 e. The van der Waals surface area contributed by atoms with E-state index in [1.807, 2.05) is 0 Å². The molecule has 0 unspecified atom stereocenters. The van der Waals surface area contributed by atoms with Crippen molar-refractivity contribution in [2.24, 2.45) is 0 Å². The Labute approximate surface area is 277 Å². The summed E-state index contributed by atoms with van der Waals surface area (Å²) in [5.74, 6) is 0.901. The third-order valence-electron chi connectivity index (χ3n) is 9.67. The summed E-state index contributed by atoms with van der Waals surface area (Å²) < 4.78 is 4.78. The lowest BCUT2D eigenvalue weighted by Gasteiger charge is -2.14. The maximum absolute atomic E-state index is 5.40. The van der Waals surface area contributed by atoms with Crippen LogP contribution in [0.15, 0.2) is 176 Å². The van der Waals surface area contributed by atoms with Gasteiger partial charge in [0.15, 0.2) is 0 Å². The monoisotopic (exact) mass is 611 g/mol. The van der Waals surface area contributed by atoms with Crippen LogP contribution in [0.5, 0.6) is 0 Å². The number of pyridine rings is 1. The lowest BCUT2D eigenvalue weighted by molar-refractivity contribution is 1.09. The normalized spacial score (nSPS) is 11.8. The van der Waals surface area contributed by atoms with E-state index in [0.717, 1.165) is 44.9 Å². The predicted molar refractivity (Wildman–Crippen MR) is 201 cm³/mol. The molecule has 0 aliphatic carbocycles. The van der Waals surface area contributed by atoms with Gasteiger partial charge >= 0.3 is 0 Å². The van der Waals surface area contributed by atoms with Gasteiger partial charge in [-0.3, -0.25) is 4.57 Å². The molecule has 10 rings (SSSR count). The molecule has 0 bridgehead atoms. The van der Waals surface area contributed by atoms with Gasteiger partial charge in [0.2, 0.25) is 0 Å². The second kappa shape index (κ2) is 10.5. The van der Waals surface area contributed by atoms with Gasteiger partial charge in [0.25, 0.3) is 0 Å². The van der Waals surface area contributed by atoms with Crippen molar-refractivity contribution >= 4 is 54.4 Å². The van der Waals surface area contributed by atoms with Gasteiger partial charge in [0.05, 0.1) is 27.8 Å². The Hall–Kier alpha value is -6.45. The van der Waals surface area contributed by atoms with Crippen LogP contribution in [0, 0.1) is 0 Å². The fraction of sp³-hybridized carbons (Fsp3) is 0. The Morgan fingerprint density at radius 1 is 0.354 bits per heavy atom. The highest BCUT2D eigenvalue weighted by atomic mass is 15.1. The standard InChI is InChI=1S/C45H29N3/c1-4-14-30(15-5-1)33-27-40(31-16-6-2-7-17-31)46-44(28-33)48-42-23-13-10-20-35(42)37-25-24-32-26-39-36-21-11-12-22-41(36)47(34-18-8-3-9-19-34)43(39)29-38(32)45(37)48/h1-29H. The fourth-order valence-corrected chi connectivity index (χ4v) is 7.52. The predicted octanol–water partition coefficient (Wildman–Crippen LogP) is 11.8. The zero-order chi connectivity index (χ0) is 31.6. The lowest BCUT2D eigenvalue weighted by atomic mass is 10.0. The van der Waals surface area contributed by atoms with Crippen molar-refractivity contribution in [2.75, 3.05) is 0 Å². The Morgan fingerprint density at radius 3 is 1.69 bits per heavy atom. The molecule has 0 spiro atoms. The summed E-state index contributed by atoms with van der Waals surface area (Å²) in [5, 5.41) is 7.34. The number of aromatic nitrogens is 3. The van der Waals surface area contributed by atoms with Crippen molar-refractivity contribution in [2.45, 2.75) is 0 Å². The van der Waals surface area contributed by atoms with E-state index < -0.39 is 0 Å². The van der Waals surface area contributed by atoms with Gasteiger partial charge in [-0.05, 0) is 65.0 Å². The van der Waals surface area contributed by atoms with E-state index in [-0.39, 0.29) is 0 Å². The number of hydrogen-bond acceptors (Lipinski definition) is 1. The molecule has 10 aromatic rings. The fourth-order valence-electron chi connectivity index (χ4n) is 7.52. The first-order valence-electron chi connectivity index (χ1n) is 16.4. The van der Waals surface area contributed by atoms with Crippen molar-refractivity contribution in [1.29, 1.82) is 0 Å². The van der Waals surface area contributed by atoms with Crippen molar-refractivity contribution in [3.05, 3.63) is 176 Å². The summed E-state index contributed by atoms with van der Waals surface area (Å²) >= 11 is 0. The minimum absolute atomic E-state index is 0.901. The zero-order valence-corrected chi connectivity index (χ0v) is 26.1. The van der Waals surface area contributed by atoms with Gasteiger partial charge in [-0.15, -0.1) is 0 Å². The average Bonchev–Trinajstić information content (AvgIpc) is 3.67. The minimum Gasteiger partial charge on any atom is -0.309 e. The van der Waals surface area contributed by atoms with E-state index in [0.29, 0.717) is 0 Å². The maximum Gasteiger partial charge on any atom is 0.138 e. The van der Waals surface area contributed by atoms with Gasteiger partial charge in [-0.1, -0.05) is 127 Å². The van der Waals surface area contributed by atoms with Gasteiger partial charge in [-0.25, -0.2) is 4.98 Å². The molecule has 0 saturated heterocycles. The number of hydrogen-bond donors (Lipinski definition) is 0. The van der Waals surface area contributed by atoms with Gasteiger partial charge < -0.3 is 4.57 Å². The Bertz CT molecular complexity index is 2750. The van der Waals surface area contributed by atoms with Crippen LogP contribution in [0.3, 0.4) is 0 Å². The summed E-state index contributed by atoms with van der Waals surface area (Å²) in [6, 6.07) is 63.1. The van der Waals surface area contributed by atoms with E-state index in [1.54, 1.807) is 0 Å². The Kier molecular flexibility index (Phi) is 5.87. The van der Waals surface area contributed by atoms with E-state index in [9.17, 15) is 0 Å². The molecule has 3 aromatic heterocycles. The molecular formula is C45H29N3. The van der Waals surface area contributed by atoms with E-state index >= 15 is 0 Å².